The van der Waals surface area contributed by atoms with Gasteiger partial charge in [-0.1, -0.05) is 34.1 Å². The van der Waals surface area contributed by atoms with Crippen LogP contribution in [-0.2, 0) is 19.2 Å². The van der Waals surface area contributed by atoms with Gasteiger partial charge in [0, 0.05) is 6.54 Å². The van der Waals surface area contributed by atoms with Crippen LogP contribution in [0.1, 0.15) is 53.4 Å². The maximum atomic E-state index is 13.0. The largest absolute Gasteiger partial charge is 0.480 e. The zero-order valence-corrected chi connectivity index (χ0v) is 18.3. The predicted molar refractivity (Wildman–Crippen MR) is 110 cm³/mol. The Kier molecular flexibility index (Phi) is 10.2. The smallest absolute Gasteiger partial charge is 0.326 e. The summed E-state index contributed by atoms with van der Waals surface area (Å²) in [5.74, 6) is -2.91. The molecule has 1 rings (SSSR count). The molecule has 3 amide bonds. The van der Waals surface area contributed by atoms with Crippen LogP contribution in [0.3, 0.4) is 0 Å². The van der Waals surface area contributed by atoms with Gasteiger partial charge < -0.3 is 31.5 Å². The Morgan fingerprint density at radius 2 is 1.77 bits per heavy atom. The minimum Gasteiger partial charge on any atom is -0.480 e. The minimum absolute atomic E-state index is 0.183. The molecule has 30 heavy (non-hydrogen) atoms. The van der Waals surface area contributed by atoms with Crippen molar-refractivity contribution < 1.29 is 29.4 Å². The number of nitrogens with two attached hydrogens (primary N) is 1. The number of aliphatic hydroxyl groups is 1. The van der Waals surface area contributed by atoms with E-state index in [2.05, 4.69) is 10.6 Å². The van der Waals surface area contributed by atoms with Gasteiger partial charge in [-0.25, -0.2) is 4.79 Å². The third-order valence-corrected chi connectivity index (χ3v) is 5.48. The number of aliphatic carboxylic acids is 1. The van der Waals surface area contributed by atoms with Crippen LogP contribution in [0.25, 0.3) is 0 Å². The normalized spacial score (nSPS) is 20.4. The molecule has 0 bridgehead atoms. The van der Waals surface area contributed by atoms with Crippen molar-refractivity contribution in [3.8, 4) is 0 Å². The summed E-state index contributed by atoms with van der Waals surface area (Å²) in [6.07, 6.45) is 1.93. The van der Waals surface area contributed by atoms with E-state index in [0.717, 1.165) is 0 Å². The Morgan fingerprint density at radius 1 is 1.13 bits per heavy atom. The fraction of sp³-hybridized carbons (Fsp3) is 0.800. The first kappa shape index (κ1) is 25.8. The summed E-state index contributed by atoms with van der Waals surface area (Å²) in [6, 6.07) is -3.95. The zero-order chi connectivity index (χ0) is 23.0. The molecular formula is C20H36N4O6. The quantitative estimate of drug-likeness (QED) is 0.295. The highest BCUT2D eigenvalue weighted by atomic mass is 16.4. The number of amides is 3. The first-order valence-corrected chi connectivity index (χ1v) is 10.5. The molecule has 10 nitrogen and oxygen atoms in total. The predicted octanol–water partition coefficient (Wildman–Crippen LogP) is -0.557. The van der Waals surface area contributed by atoms with Crippen molar-refractivity contribution >= 4 is 23.7 Å². The third kappa shape index (κ3) is 6.94. The SMILES string of the molecule is CCC(C)C(NC(=O)C(CO)NC(=O)C(N)CC(C)C)C(=O)N1CCCC1C(=O)O. The van der Waals surface area contributed by atoms with Crippen molar-refractivity contribution in [2.24, 2.45) is 17.6 Å². The van der Waals surface area contributed by atoms with Gasteiger partial charge in [-0.3, -0.25) is 14.4 Å². The summed E-state index contributed by atoms with van der Waals surface area (Å²) in [6.45, 7) is 7.10. The average Bonchev–Trinajstić information content (AvgIpc) is 3.18. The molecule has 5 atom stereocenters. The second-order valence-electron chi connectivity index (χ2n) is 8.38. The summed E-state index contributed by atoms with van der Waals surface area (Å²) >= 11 is 0. The van der Waals surface area contributed by atoms with E-state index in [4.69, 9.17) is 5.73 Å². The van der Waals surface area contributed by atoms with Crippen molar-refractivity contribution in [3.05, 3.63) is 0 Å². The molecule has 0 saturated carbocycles. The summed E-state index contributed by atoms with van der Waals surface area (Å²) < 4.78 is 0. The number of hydrogen-bond donors (Lipinski definition) is 5. The van der Waals surface area contributed by atoms with Crippen molar-refractivity contribution in [3.63, 3.8) is 0 Å². The van der Waals surface area contributed by atoms with E-state index in [0.29, 0.717) is 32.2 Å². The molecule has 172 valence electrons. The Labute approximate surface area is 177 Å². The van der Waals surface area contributed by atoms with Gasteiger partial charge in [-0.2, -0.15) is 0 Å². The summed E-state index contributed by atoms with van der Waals surface area (Å²) in [7, 11) is 0. The van der Waals surface area contributed by atoms with E-state index in [1.54, 1.807) is 6.92 Å². The number of carbonyl (C=O) groups excluding carboxylic acids is 3. The number of carboxylic acids is 1. The molecule has 0 spiro atoms. The molecule has 10 heteroatoms. The lowest BCUT2D eigenvalue weighted by Gasteiger charge is -2.31. The van der Waals surface area contributed by atoms with Crippen molar-refractivity contribution in [2.75, 3.05) is 13.2 Å². The standard InChI is InChI=1S/C20H36N4O6/c1-5-12(4)16(19(28)24-8-6-7-15(24)20(29)30)23-18(27)14(10-25)22-17(26)13(21)9-11(2)3/h11-16,25H,5-10,21H2,1-4H3,(H,22,26)(H,23,27)(H,29,30). The van der Waals surface area contributed by atoms with Crippen molar-refractivity contribution in [1.29, 1.82) is 0 Å². The van der Waals surface area contributed by atoms with Crippen LogP contribution in [0.4, 0.5) is 0 Å². The van der Waals surface area contributed by atoms with Gasteiger partial charge in [0.05, 0.1) is 12.6 Å². The topological polar surface area (TPSA) is 162 Å². The Morgan fingerprint density at radius 3 is 2.27 bits per heavy atom. The van der Waals surface area contributed by atoms with E-state index >= 15 is 0 Å². The first-order chi connectivity index (χ1) is 14.0. The van der Waals surface area contributed by atoms with Gasteiger partial charge in [0.1, 0.15) is 18.1 Å². The van der Waals surface area contributed by atoms with Crippen LogP contribution in [0, 0.1) is 11.8 Å². The van der Waals surface area contributed by atoms with E-state index in [9.17, 15) is 29.4 Å². The Bertz CT molecular complexity index is 626. The van der Waals surface area contributed by atoms with E-state index in [-0.39, 0.29) is 11.8 Å². The van der Waals surface area contributed by atoms with Crippen LogP contribution in [-0.4, -0.2) is 76.1 Å². The molecule has 0 aliphatic carbocycles. The van der Waals surface area contributed by atoms with Crippen LogP contribution in [0.2, 0.25) is 0 Å². The second-order valence-corrected chi connectivity index (χ2v) is 8.38. The second kappa shape index (κ2) is 11.8. The Hall–Kier alpha value is -2.20. The van der Waals surface area contributed by atoms with Crippen LogP contribution in [0.15, 0.2) is 0 Å². The van der Waals surface area contributed by atoms with Crippen molar-refractivity contribution in [2.45, 2.75) is 77.5 Å². The highest BCUT2D eigenvalue weighted by Gasteiger charge is 2.39. The summed E-state index contributed by atoms with van der Waals surface area (Å²) in [4.78, 5) is 50.7. The molecule has 1 heterocycles. The van der Waals surface area contributed by atoms with Gasteiger partial charge in [0.25, 0.3) is 0 Å². The average molecular weight is 429 g/mol. The molecule has 1 aliphatic rings. The fourth-order valence-corrected chi connectivity index (χ4v) is 3.49. The van der Waals surface area contributed by atoms with Crippen LogP contribution >= 0.6 is 0 Å². The summed E-state index contributed by atoms with van der Waals surface area (Å²) in [5.41, 5.74) is 5.83. The number of nitrogens with zero attached hydrogens (tertiary/aromatic N) is 1. The molecule has 0 aromatic rings. The van der Waals surface area contributed by atoms with E-state index in [1.807, 2.05) is 20.8 Å². The number of hydrogen-bond acceptors (Lipinski definition) is 6. The number of carboxylic acid groups (broad SMARTS) is 1. The molecular weight excluding hydrogens is 392 g/mol. The molecule has 5 unspecified atom stereocenters. The first-order valence-electron chi connectivity index (χ1n) is 10.5. The Balaban J connectivity index is 2.90. The lowest BCUT2D eigenvalue weighted by molar-refractivity contribution is -0.150. The molecule has 1 aliphatic heterocycles. The van der Waals surface area contributed by atoms with Gasteiger partial charge >= 0.3 is 5.97 Å². The van der Waals surface area contributed by atoms with Gasteiger partial charge in [0.15, 0.2) is 0 Å². The van der Waals surface area contributed by atoms with Gasteiger partial charge in [-0.05, 0) is 31.1 Å². The zero-order valence-electron chi connectivity index (χ0n) is 18.3. The molecule has 0 aromatic carbocycles. The number of nitrogens with one attached hydrogen (secondary N) is 2. The van der Waals surface area contributed by atoms with E-state index in [1.165, 1.54) is 4.90 Å². The van der Waals surface area contributed by atoms with Crippen LogP contribution in [0.5, 0.6) is 0 Å². The molecule has 1 saturated heterocycles. The van der Waals surface area contributed by atoms with Crippen molar-refractivity contribution in [1.82, 2.24) is 15.5 Å². The van der Waals surface area contributed by atoms with Gasteiger partial charge in [-0.15, -0.1) is 0 Å². The number of carbonyl (C=O) groups is 4. The molecule has 1 fully saturated rings. The molecule has 6 N–H and O–H groups in total. The fourth-order valence-electron chi connectivity index (χ4n) is 3.49. The number of likely N-dealkylation sites (tertiary alicyclic amines) is 1. The maximum absolute atomic E-state index is 13.0. The highest BCUT2D eigenvalue weighted by Crippen LogP contribution is 2.21. The third-order valence-electron chi connectivity index (χ3n) is 5.48. The number of rotatable bonds is 11. The monoisotopic (exact) mass is 428 g/mol. The van der Waals surface area contributed by atoms with Gasteiger partial charge in [0.2, 0.25) is 17.7 Å². The van der Waals surface area contributed by atoms with Crippen LogP contribution < -0.4 is 16.4 Å². The lowest BCUT2D eigenvalue weighted by Crippen LogP contribution is -2.59. The number of aliphatic hydroxyl groups excluding tert-OH is 1. The molecule has 0 radical (unpaired) electrons. The maximum Gasteiger partial charge on any atom is 0.326 e. The van der Waals surface area contributed by atoms with E-state index < -0.39 is 54.5 Å². The minimum atomic E-state index is -1.26. The highest BCUT2D eigenvalue weighted by molar-refractivity contribution is 5.94. The summed E-state index contributed by atoms with van der Waals surface area (Å²) in [5, 5.41) is 24.0. The lowest BCUT2D eigenvalue weighted by atomic mass is 9.97. The molecule has 0 aromatic heterocycles.